The summed E-state index contributed by atoms with van der Waals surface area (Å²) in [5.41, 5.74) is 6.22. The average Bonchev–Trinajstić information content (AvgIpc) is 3.29. The van der Waals surface area contributed by atoms with Crippen LogP contribution in [0.4, 0.5) is 0 Å². The van der Waals surface area contributed by atoms with Gasteiger partial charge in [-0.25, -0.2) is 0 Å². The van der Waals surface area contributed by atoms with Crippen LogP contribution in [0.25, 0.3) is 60.1 Å². The van der Waals surface area contributed by atoms with Gasteiger partial charge in [0.2, 0.25) is 0 Å². The second-order valence-electron chi connectivity index (χ2n) is 8.35. The summed E-state index contributed by atoms with van der Waals surface area (Å²) < 4.78 is 4.72. The van der Waals surface area contributed by atoms with E-state index in [0.29, 0.717) is 0 Å². The molecule has 0 amide bonds. The molecule has 2 heteroatoms. The van der Waals surface area contributed by atoms with Crippen LogP contribution < -0.4 is 0 Å². The van der Waals surface area contributed by atoms with Gasteiger partial charge in [0.05, 0.1) is 16.6 Å². The van der Waals surface area contributed by atoms with Crippen molar-refractivity contribution in [2.24, 2.45) is 7.05 Å². The van der Waals surface area contributed by atoms with Crippen molar-refractivity contribution in [1.82, 2.24) is 9.13 Å². The molecule has 0 spiro atoms. The highest BCUT2D eigenvalue weighted by Crippen LogP contribution is 2.38. The van der Waals surface area contributed by atoms with E-state index in [1.165, 1.54) is 60.1 Å². The molecule has 0 saturated heterocycles. The molecule has 0 aliphatic rings. The molecule has 0 bridgehead atoms. The normalized spacial score (nSPS) is 12.0. The van der Waals surface area contributed by atoms with Crippen LogP contribution >= 0.6 is 0 Å². The van der Waals surface area contributed by atoms with E-state index in [1.807, 2.05) is 0 Å². The molecule has 7 rings (SSSR count). The molecule has 0 aliphatic carbocycles. The molecule has 0 atom stereocenters. The van der Waals surface area contributed by atoms with Crippen LogP contribution in [0.15, 0.2) is 103 Å². The highest BCUT2D eigenvalue weighted by atomic mass is 15.0. The van der Waals surface area contributed by atoms with E-state index < -0.39 is 0 Å². The first-order valence-corrected chi connectivity index (χ1v) is 10.7. The lowest BCUT2D eigenvalue weighted by Crippen LogP contribution is -1.93. The average molecular weight is 396 g/mol. The number of benzene rings is 5. The minimum absolute atomic E-state index is 1.19. The molecule has 146 valence electrons. The van der Waals surface area contributed by atoms with Gasteiger partial charge in [0.15, 0.2) is 0 Å². The maximum absolute atomic E-state index is 2.39. The summed E-state index contributed by atoms with van der Waals surface area (Å²) in [7, 11) is 2.18. The van der Waals surface area contributed by atoms with E-state index in [4.69, 9.17) is 0 Å². The maximum atomic E-state index is 2.39. The first-order valence-electron chi connectivity index (χ1n) is 10.7. The van der Waals surface area contributed by atoms with Crippen LogP contribution in [0.2, 0.25) is 0 Å². The van der Waals surface area contributed by atoms with Gasteiger partial charge < -0.3 is 9.13 Å². The van der Waals surface area contributed by atoms with Gasteiger partial charge in [-0.3, -0.25) is 0 Å². The number of aryl methyl sites for hydroxylation is 1. The topological polar surface area (TPSA) is 9.86 Å². The Kier molecular flexibility index (Phi) is 3.23. The minimum atomic E-state index is 1.19. The Balaban J connectivity index is 1.69. The molecular weight excluding hydrogens is 376 g/mol. The predicted molar refractivity (Wildman–Crippen MR) is 132 cm³/mol. The molecule has 31 heavy (non-hydrogen) atoms. The molecule has 2 aromatic heterocycles. The summed E-state index contributed by atoms with van der Waals surface area (Å²) in [4.78, 5) is 0. The van der Waals surface area contributed by atoms with Gasteiger partial charge in [0.25, 0.3) is 0 Å². The zero-order valence-corrected chi connectivity index (χ0v) is 17.2. The van der Waals surface area contributed by atoms with Crippen molar-refractivity contribution in [1.29, 1.82) is 0 Å². The summed E-state index contributed by atoms with van der Waals surface area (Å²) in [5.74, 6) is 0. The molecule has 0 radical (unpaired) electrons. The van der Waals surface area contributed by atoms with Crippen LogP contribution in [0.3, 0.4) is 0 Å². The summed E-state index contributed by atoms with van der Waals surface area (Å²) in [6, 6.07) is 37.4. The fourth-order valence-corrected chi connectivity index (χ4v) is 5.20. The number of hydrogen-bond donors (Lipinski definition) is 0. The Morgan fingerprint density at radius 1 is 0.452 bits per heavy atom. The molecular formula is C29H20N2. The molecule has 0 aliphatic heterocycles. The maximum Gasteiger partial charge on any atom is 0.0562 e. The molecule has 0 N–H and O–H groups in total. The van der Waals surface area contributed by atoms with E-state index >= 15 is 0 Å². The van der Waals surface area contributed by atoms with Crippen molar-refractivity contribution in [3.8, 4) is 5.69 Å². The van der Waals surface area contributed by atoms with Crippen LogP contribution in [0.5, 0.6) is 0 Å². The van der Waals surface area contributed by atoms with Crippen LogP contribution in [-0.2, 0) is 7.05 Å². The van der Waals surface area contributed by atoms with E-state index in [9.17, 15) is 0 Å². The predicted octanol–water partition coefficient (Wildman–Crippen LogP) is 7.58. The van der Waals surface area contributed by atoms with E-state index in [0.717, 1.165) is 0 Å². The first kappa shape index (κ1) is 16.7. The molecule has 0 saturated carbocycles. The zero-order valence-electron chi connectivity index (χ0n) is 17.2. The SMILES string of the molecule is Cn1c2cc3ccccc3cc2c2cc3c4ccccc4n(-c4ccccc4)c3cc21. The van der Waals surface area contributed by atoms with Gasteiger partial charge in [0.1, 0.15) is 0 Å². The lowest BCUT2D eigenvalue weighted by atomic mass is 10.0. The van der Waals surface area contributed by atoms with Crippen molar-refractivity contribution < 1.29 is 0 Å². The second-order valence-corrected chi connectivity index (χ2v) is 8.35. The minimum Gasteiger partial charge on any atom is -0.344 e. The van der Waals surface area contributed by atoms with Gasteiger partial charge in [-0.05, 0) is 53.2 Å². The monoisotopic (exact) mass is 396 g/mol. The van der Waals surface area contributed by atoms with Crippen LogP contribution in [-0.4, -0.2) is 9.13 Å². The third kappa shape index (κ3) is 2.22. The van der Waals surface area contributed by atoms with Gasteiger partial charge >= 0.3 is 0 Å². The third-order valence-corrected chi connectivity index (χ3v) is 6.68. The Morgan fingerprint density at radius 3 is 1.90 bits per heavy atom. The number of fused-ring (bicyclic) bond motifs is 7. The standard InChI is InChI=1S/C29H20N2/c1-30-27-16-20-10-6-5-9-19(20)15-23(27)25-17-24-22-13-7-8-14-26(22)31(29(24)18-28(25)30)21-11-3-2-4-12-21/h2-18H,1H3. The Hall–Kier alpha value is -4.04. The van der Waals surface area contributed by atoms with Crippen LogP contribution in [0, 0.1) is 0 Å². The highest BCUT2D eigenvalue weighted by molar-refractivity contribution is 6.20. The fourth-order valence-electron chi connectivity index (χ4n) is 5.20. The molecule has 7 aromatic rings. The molecule has 0 unspecified atom stereocenters. The van der Waals surface area contributed by atoms with Gasteiger partial charge in [0, 0.05) is 39.8 Å². The Morgan fingerprint density at radius 2 is 1.06 bits per heavy atom. The lowest BCUT2D eigenvalue weighted by Gasteiger charge is -2.08. The lowest BCUT2D eigenvalue weighted by molar-refractivity contribution is 1.01. The third-order valence-electron chi connectivity index (χ3n) is 6.68. The second kappa shape index (κ2) is 5.99. The Bertz CT molecular complexity index is 1780. The van der Waals surface area contributed by atoms with Gasteiger partial charge in [-0.15, -0.1) is 0 Å². The van der Waals surface area contributed by atoms with Crippen LogP contribution in [0.1, 0.15) is 0 Å². The van der Waals surface area contributed by atoms with E-state index in [1.54, 1.807) is 0 Å². The fraction of sp³-hybridized carbons (Fsp3) is 0.0345. The quantitative estimate of drug-likeness (QED) is 0.271. The molecule has 5 aromatic carbocycles. The number of hydrogen-bond acceptors (Lipinski definition) is 0. The van der Waals surface area contributed by atoms with E-state index in [2.05, 4.69) is 119 Å². The van der Waals surface area contributed by atoms with Crippen molar-refractivity contribution >= 4 is 54.4 Å². The van der Waals surface area contributed by atoms with E-state index in [-0.39, 0.29) is 0 Å². The van der Waals surface area contributed by atoms with Gasteiger partial charge in [-0.2, -0.15) is 0 Å². The van der Waals surface area contributed by atoms with Gasteiger partial charge in [-0.1, -0.05) is 60.7 Å². The number of nitrogens with zero attached hydrogens (tertiary/aromatic N) is 2. The summed E-state index contributed by atoms with van der Waals surface area (Å²) in [6.07, 6.45) is 0. The first-order chi connectivity index (χ1) is 15.3. The summed E-state index contributed by atoms with van der Waals surface area (Å²) >= 11 is 0. The zero-order chi connectivity index (χ0) is 20.5. The summed E-state index contributed by atoms with van der Waals surface area (Å²) in [5, 5.41) is 7.79. The Labute approximate surface area is 179 Å². The largest absolute Gasteiger partial charge is 0.344 e. The van der Waals surface area contributed by atoms with Crippen molar-refractivity contribution in [3.05, 3.63) is 103 Å². The molecule has 2 nitrogen and oxygen atoms in total. The summed E-state index contributed by atoms with van der Waals surface area (Å²) in [6.45, 7) is 0. The molecule has 2 heterocycles. The molecule has 0 fully saturated rings. The smallest absolute Gasteiger partial charge is 0.0562 e. The van der Waals surface area contributed by atoms with Crippen molar-refractivity contribution in [2.45, 2.75) is 0 Å². The van der Waals surface area contributed by atoms with Crippen molar-refractivity contribution in [3.63, 3.8) is 0 Å². The van der Waals surface area contributed by atoms with Crippen molar-refractivity contribution in [2.75, 3.05) is 0 Å². The number of rotatable bonds is 1. The number of para-hydroxylation sites is 2. The number of aromatic nitrogens is 2. The highest BCUT2D eigenvalue weighted by Gasteiger charge is 2.16.